The molecule has 0 heterocycles. The maximum atomic E-state index is 9.66. The molecule has 0 bridgehead atoms. The molecule has 0 fully saturated rings. The number of nitrogens with two attached hydrogens (primary N) is 1. The molecule has 19 heavy (non-hydrogen) atoms. The van der Waals surface area contributed by atoms with Crippen LogP contribution in [0, 0.1) is 0 Å². The number of benzene rings is 1. The van der Waals surface area contributed by atoms with Crippen LogP contribution >= 0.6 is 0 Å². The van der Waals surface area contributed by atoms with Gasteiger partial charge in [0.25, 0.3) is 0 Å². The summed E-state index contributed by atoms with van der Waals surface area (Å²) >= 11 is 0. The average molecular weight is 265 g/mol. The third-order valence-electron chi connectivity index (χ3n) is 3.42. The van der Waals surface area contributed by atoms with E-state index in [1.807, 2.05) is 13.0 Å². The molecular formula is C16H27NO2. The number of aliphatic hydroxyl groups is 1. The van der Waals surface area contributed by atoms with E-state index in [9.17, 15) is 5.11 Å². The van der Waals surface area contributed by atoms with Crippen molar-refractivity contribution in [1.29, 1.82) is 0 Å². The SMILES string of the molecule is CCOc1ccc(C(C)CC(O)CN)cc1C(C)C. The Balaban J connectivity index is 2.94. The second kappa shape index (κ2) is 7.51. The zero-order valence-electron chi connectivity index (χ0n) is 12.5. The lowest BCUT2D eigenvalue weighted by Crippen LogP contribution is -2.21. The van der Waals surface area contributed by atoms with Crippen LogP contribution in [0.5, 0.6) is 5.75 Å². The Morgan fingerprint density at radius 3 is 2.47 bits per heavy atom. The van der Waals surface area contributed by atoms with Gasteiger partial charge in [0.2, 0.25) is 0 Å². The highest BCUT2D eigenvalue weighted by molar-refractivity contribution is 5.40. The topological polar surface area (TPSA) is 55.5 Å². The zero-order valence-corrected chi connectivity index (χ0v) is 12.5. The summed E-state index contributed by atoms with van der Waals surface area (Å²) in [6, 6.07) is 6.33. The van der Waals surface area contributed by atoms with Crippen LogP contribution in [0.25, 0.3) is 0 Å². The Hall–Kier alpha value is -1.06. The van der Waals surface area contributed by atoms with E-state index in [0.717, 1.165) is 5.75 Å². The molecule has 0 aliphatic carbocycles. The molecule has 0 aliphatic rings. The first kappa shape index (κ1) is 16.0. The highest BCUT2D eigenvalue weighted by Crippen LogP contribution is 2.31. The third kappa shape index (κ3) is 4.51. The lowest BCUT2D eigenvalue weighted by atomic mass is 9.91. The summed E-state index contributed by atoms with van der Waals surface area (Å²) in [6.07, 6.45) is 0.270. The van der Waals surface area contributed by atoms with Gasteiger partial charge in [0.15, 0.2) is 0 Å². The lowest BCUT2D eigenvalue weighted by Gasteiger charge is -2.19. The highest BCUT2D eigenvalue weighted by atomic mass is 16.5. The summed E-state index contributed by atoms with van der Waals surface area (Å²) in [7, 11) is 0. The van der Waals surface area contributed by atoms with Gasteiger partial charge < -0.3 is 15.6 Å². The standard InChI is InChI=1S/C16H27NO2/c1-5-19-16-7-6-13(9-15(16)11(2)3)12(4)8-14(18)10-17/h6-7,9,11-12,14,18H,5,8,10,17H2,1-4H3. The largest absolute Gasteiger partial charge is 0.494 e. The van der Waals surface area contributed by atoms with Gasteiger partial charge in [-0.1, -0.05) is 32.9 Å². The molecule has 1 aromatic carbocycles. The third-order valence-corrected chi connectivity index (χ3v) is 3.42. The summed E-state index contributed by atoms with van der Waals surface area (Å²) in [6.45, 7) is 9.46. The summed E-state index contributed by atoms with van der Waals surface area (Å²) in [4.78, 5) is 0. The van der Waals surface area contributed by atoms with Gasteiger partial charge in [-0.2, -0.15) is 0 Å². The zero-order chi connectivity index (χ0) is 14.4. The molecule has 0 spiro atoms. The molecule has 2 unspecified atom stereocenters. The fraction of sp³-hybridized carbons (Fsp3) is 0.625. The van der Waals surface area contributed by atoms with Gasteiger partial charge in [0.05, 0.1) is 12.7 Å². The highest BCUT2D eigenvalue weighted by Gasteiger charge is 2.14. The van der Waals surface area contributed by atoms with Crippen molar-refractivity contribution in [1.82, 2.24) is 0 Å². The van der Waals surface area contributed by atoms with Gasteiger partial charge in [-0.25, -0.2) is 0 Å². The molecule has 3 N–H and O–H groups in total. The van der Waals surface area contributed by atoms with Crippen LogP contribution in [0.4, 0.5) is 0 Å². The van der Waals surface area contributed by atoms with Crippen molar-refractivity contribution in [3.8, 4) is 5.75 Å². The first-order valence-electron chi connectivity index (χ1n) is 7.14. The van der Waals surface area contributed by atoms with Crippen molar-refractivity contribution in [2.45, 2.75) is 52.1 Å². The van der Waals surface area contributed by atoms with E-state index in [1.54, 1.807) is 0 Å². The predicted octanol–water partition coefficient (Wildman–Crippen LogP) is 3.02. The van der Waals surface area contributed by atoms with Crippen molar-refractivity contribution >= 4 is 0 Å². The summed E-state index contributed by atoms with van der Waals surface area (Å²) in [5, 5.41) is 9.66. The number of ether oxygens (including phenoxy) is 1. The Bertz CT molecular complexity index is 390. The molecule has 0 aliphatic heterocycles. The summed E-state index contributed by atoms with van der Waals surface area (Å²) in [5.41, 5.74) is 7.94. The normalized spacial score (nSPS) is 14.5. The fourth-order valence-electron chi connectivity index (χ4n) is 2.25. The van der Waals surface area contributed by atoms with Crippen LogP contribution in [0.1, 0.15) is 57.1 Å². The van der Waals surface area contributed by atoms with E-state index in [2.05, 4.69) is 32.9 Å². The molecule has 0 saturated carbocycles. The Morgan fingerprint density at radius 1 is 1.26 bits per heavy atom. The second-order valence-electron chi connectivity index (χ2n) is 5.41. The first-order chi connectivity index (χ1) is 8.99. The fourth-order valence-corrected chi connectivity index (χ4v) is 2.25. The molecule has 0 radical (unpaired) electrons. The van der Waals surface area contributed by atoms with E-state index in [4.69, 9.17) is 10.5 Å². The number of rotatable bonds is 7. The molecule has 1 rings (SSSR count). The Labute approximate surface area is 116 Å². The van der Waals surface area contributed by atoms with Crippen molar-refractivity contribution in [2.75, 3.05) is 13.2 Å². The average Bonchev–Trinajstić information content (AvgIpc) is 2.38. The van der Waals surface area contributed by atoms with Gasteiger partial charge in [-0.15, -0.1) is 0 Å². The van der Waals surface area contributed by atoms with E-state index in [0.29, 0.717) is 31.4 Å². The molecular weight excluding hydrogens is 238 g/mol. The number of hydrogen-bond donors (Lipinski definition) is 2. The molecule has 0 aromatic heterocycles. The van der Waals surface area contributed by atoms with Crippen molar-refractivity contribution in [2.24, 2.45) is 5.73 Å². The van der Waals surface area contributed by atoms with Crippen molar-refractivity contribution in [3.63, 3.8) is 0 Å². The monoisotopic (exact) mass is 265 g/mol. The molecule has 2 atom stereocenters. The van der Waals surface area contributed by atoms with Gasteiger partial charge in [0.1, 0.15) is 5.75 Å². The molecule has 3 heteroatoms. The van der Waals surface area contributed by atoms with Crippen LogP contribution in [-0.2, 0) is 0 Å². The van der Waals surface area contributed by atoms with Gasteiger partial charge in [0, 0.05) is 6.54 Å². The maximum Gasteiger partial charge on any atom is 0.122 e. The van der Waals surface area contributed by atoms with Crippen LogP contribution in [0.2, 0.25) is 0 Å². The summed E-state index contributed by atoms with van der Waals surface area (Å²) in [5.74, 6) is 1.69. The Morgan fingerprint density at radius 2 is 1.95 bits per heavy atom. The van der Waals surface area contributed by atoms with Crippen molar-refractivity contribution < 1.29 is 9.84 Å². The van der Waals surface area contributed by atoms with Gasteiger partial charge in [-0.3, -0.25) is 0 Å². The molecule has 0 saturated heterocycles. The van der Waals surface area contributed by atoms with Gasteiger partial charge in [-0.05, 0) is 42.4 Å². The van der Waals surface area contributed by atoms with E-state index in [-0.39, 0.29) is 0 Å². The van der Waals surface area contributed by atoms with Crippen LogP contribution in [0.15, 0.2) is 18.2 Å². The lowest BCUT2D eigenvalue weighted by molar-refractivity contribution is 0.165. The quantitative estimate of drug-likeness (QED) is 0.796. The van der Waals surface area contributed by atoms with Gasteiger partial charge >= 0.3 is 0 Å². The Kier molecular flexibility index (Phi) is 6.32. The van der Waals surface area contributed by atoms with E-state index < -0.39 is 6.10 Å². The van der Waals surface area contributed by atoms with Crippen LogP contribution in [0.3, 0.4) is 0 Å². The predicted molar refractivity (Wildman–Crippen MR) is 79.8 cm³/mol. The van der Waals surface area contributed by atoms with E-state index >= 15 is 0 Å². The maximum absolute atomic E-state index is 9.66. The molecule has 1 aromatic rings. The first-order valence-corrected chi connectivity index (χ1v) is 7.14. The van der Waals surface area contributed by atoms with Crippen LogP contribution < -0.4 is 10.5 Å². The molecule has 0 amide bonds. The molecule has 3 nitrogen and oxygen atoms in total. The minimum absolute atomic E-state index is 0.298. The second-order valence-corrected chi connectivity index (χ2v) is 5.41. The summed E-state index contributed by atoms with van der Waals surface area (Å²) < 4.78 is 5.67. The minimum atomic E-state index is -0.427. The van der Waals surface area contributed by atoms with E-state index in [1.165, 1.54) is 11.1 Å². The smallest absolute Gasteiger partial charge is 0.122 e. The van der Waals surface area contributed by atoms with Crippen molar-refractivity contribution in [3.05, 3.63) is 29.3 Å². The minimum Gasteiger partial charge on any atom is -0.494 e. The number of aliphatic hydroxyl groups excluding tert-OH is 1. The van der Waals surface area contributed by atoms with Crippen LogP contribution in [-0.4, -0.2) is 24.4 Å². The molecule has 108 valence electrons. The number of hydrogen-bond acceptors (Lipinski definition) is 3.